The molecule has 0 fully saturated rings. The number of ether oxygens (including phenoxy) is 2. The summed E-state index contributed by atoms with van der Waals surface area (Å²) in [7, 11) is 6.55. The lowest BCUT2D eigenvalue weighted by Crippen LogP contribution is -2.46. The third-order valence-electron chi connectivity index (χ3n) is 6.74. The second-order valence-corrected chi connectivity index (χ2v) is 9.06. The summed E-state index contributed by atoms with van der Waals surface area (Å²) in [6.07, 6.45) is 3.38. The Morgan fingerprint density at radius 1 is 1.06 bits per heavy atom. The quantitative estimate of drug-likeness (QED) is 0.515. The fourth-order valence-electron chi connectivity index (χ4n) is 4.70. The molecule has 0 saturated carbocycles. The van der Waals surface area contributed by atoms with Crippen LogP contribution in [0.25, 0.3) is 0 Å². The van der Waals surface area contributed by atoms with Crippen LogP contribution < -0.4 is 14.4 Å². The number of hydrogen-bond acceptors (Lipinski definition) is 5. The van der Waals surface area contributed by atoms with Gasteiger partial charge in [0.15, 0.2) is 11.5 Å². The van der Waals surface area contributed by atoms with E-state index in [-0.39, 0.29) is 11.8 Å². The lowest BCUT2D eigenvalue weighted by Gasteiger charge is -2.41. The number of carbonyl (C=O) groups excluding carboxylic acids is 2. The molecule has 1 aliphatic rings. The highest BCUT2D eigenvalue weighted by Crippen LogP contribution is 2.46. The summed E-state index contributed by atoms with van der Waals surface area (Å²) in [6, 6.07) is 14.6. The van der Waals surface area contributed by atoms with Crippen molar-refractivity contribution in [3.05, 3.63) is 83.2 Å². The summed E-state index contributed by atoms with van der Waals surface area (Å²) < 4.78 is 11.0. The predicted molar refractivity (Wildman–Crippen MR) is 135 cm³/mol. The van der Waals surface area contributed by atoms with Gasteiger partial charge in [0.05, 0.1) is 26.2 Å². The highest BCUT2D eigenvalue weighted by molar-refractivity contribution is 6.05. The average molecular weight is 474 g/mol. The first-order valence-corrected chi connectivity index (χ1v) is 11.6. The van der Waals surface area contributed by atoms with Gasteiger partial charge in [-0.1, -0.05) is 32.0 Å². The highest BCUT2D eigenvalue weighted by Gasteiger charge is 2.44. The number of carbonyl (C=O) groups is 2. The van der Waals surface area contributed by atoms with Gasteiger partial charge in [-0.25, -0.2) is 0 Å². The van der Waals surface area contributed by atoms with Gasteiger partial charge in [0, 0.05) is 37.7 Å². The van der Waals surface area contributed by atoms with Crippen LogP contribution in [0.4, 0.5) is 5.69 Å². The molecule has 0 bridgehead atoms. The summed E-state index contributed by atoms with van der Waals surface area (Å²) in [6.45, 7) is 4.27. The molecule has 0 radical (unpaired) electrons. The van der Waals surface area contributed by atoms with Gasteiger partial charge in [0.25, 0.3) is 5.91 Å². The number of benzene rings is 2. The van der Waals surface area contributed by atoms with E-state index in [1.165, 1.54) is 12.7 Å². The third kappa shape index (κ3) is 4.34. The Hall–Kier alpha value is -3.87. The molecule has 2 aromatic carbocycles. The lowest BCUT2D eigenvalue weighted by atomic mass is 9.79. The number of anilines is 1. The fourth-order valence-corrected chi connectivity index (χ4v) is 4.70. The highest BCUT2D eigenvalue weighted by atomic mass is 16.5. The molecule has 2 amide bonds. The number of aromatic nitrogens is 1. The largest absolute Gasteiger partial charge is 0.493 e. The van der Waals surface area contributed by atoms with Crippen molar-refractivity contribution in [2.75, 3.05) is 33.2 Å². The molecule has 1 aliphatic heterocycles. The predicted octanol–water partition coefficient (Wildman–Crippen LogP) is 4.80. The maximum Gasteiger partial charge on any atom is 0.254 e. The summed E-state index contributed by atoms with van der Waals surface area (Å²) in [5.74, 6) is 0.303. The van der Waals surface area contributed by atoms with Crippen molar-refractivity contribution in [1.82, 2.24) is 9.88 Å². The fraction of sp³-hybridized carbons (Fsp3) is 0.321. The SMILES string of the molecule is COc1cc2c(cc1OC)C(C(=O)N(C)c1ccc(C(C)C)cc1)C(c1cccnc1)N(C)C2=O. The molecule has 7 nitrogen and oxygen atoms in total. The van der Waals surface area contributed by atoms with E-state index in [1.807, 2.05) is 36.4 Å². The molecule has 0 saturated heterocycles. The van der Waals surface area contributed by atoms with Crippen molar-refractivity contribution in [3.63, 3.8) is 0 Å². The number of hydrogen-bond donors (Lipinski definition) is 0. The van der Waals surface area contributed by atoms with Crippen LogP contribution in [0.2, 0.25) is 0 Å². The molecule has 3 aromatic rings. The van der Waals surface area contributed by atoms with Gasteiger partial charge in [-0.05, 0) is 52.9 Å². The van der Waals surface area contributed by atoms with E-state index in [4.69, 9.17) is 9.47 Å². The zero-order valence-electron chi connectivity index (χ0n) is 21.0. The standard InChI is InChI=1S/C28H31N3O4/c1-17(2)18-9-11-20(12-10-18)30(3)28(33)25-21-14-23(34-5)24(35-6)15-22(21)27(32)31(4)26(25)19-8-7-13-29-16-19/h7-17,25-26H,1-6H3. The van der Waals surface area contributed by atoms with Gasteiger partial charge in [0.1, 0.15) is 0 Å². The van der Waals surface area contributed by atoms with Gasteiger partial charge in [0.2, 0.25) is 5.91 Å². The van der Waals surface area contributed by atoms with Gasteiger partial charge in [-0.3, -0.25) is 14.6 Å². The van der Waals surface area contributed by atoms with Crippen LogP contribution in [-0.4, -0.2) is 50.0 Å². The van der Waals surface area contributed by atoms with Crippen LogP contribution in [0.1, 0.15) is 58.8 Å². The molecule has 4 rings (SSSR count). The molecule has 35 heavy (non-hydrogen) atoms. The minimum Gasteiger partial charge on any atom is -0.493 e. The van der Waals surface area contributed by atoms with Crippen molar-refractivity contribution in [1.29, 1.82) is 0 Å². The van der Waals surface area contributed by atoms with Crippen molar-refractivity contribution < 1.29 is 19.1 Å². The van der Waals surface area contributed by atoms with Gasteiger partial charge in [-0.2, -0.15) is 0 Å². The molecule has 2 atom stereocenters. The van der Waals surface area contributed by atoms with E-state index < -0.39 is 12.0 Å². The van der Waals surface area contributed by atoms with E-state index in [9.17, 15) is 9.59 Å². The molecular weight excluding hydrogens is 442 g/mol. The first-order chi connectivity index (χ1) is 16.8. The topological polar surface area (TPSA) is 72.0 Å². The second kappa shape index (κ2) is 9.78. The minimum absolute atomic E-state index is 0.135. The molecule has 2 unspecified atom stereocenters. The number of methoxy groups -OCH3 is 2. The van der Waals surface area contributed by atoms with E-state index in [0.717, 1.165) is 11.3 Å². The number of fused-ring (bicyclic) bond motifs is 1. The zero-order chi connectivity index (χ0) is 25.3. The molecule has 0 N–H and O–H groups in total. The lowest BCUT2D eigenvalue weighted by molar-refractivity contribution is -0.121. The monoisotopic (exact) mass is 473 g/mol. The average Bonchev–Trinajstić information content (AvgIpc) is 2.89. The van der Waals surface area contributed by atoms with Crippen molar-refractivity contribution in [2.45, 2.75) is 31.7 Å². The molecule has 182 valence electrons. The molecule has 1 aromatic heterocycles. The third-order valence-corrected chi connectivity index (χ3v) is 6.74. The summed E-state index contributed by atoms with van der Waals surface area (Å²) >= 11 is 0. The van der Waals surface area contributed by atoms with E-state index in [2.05, 4.69) is 18.8 Å². The molecular formula is C28H31N3O4. The number of rotatable bonds is 6. The van der Waals surface area contributed by atoms with Gasteiger partial charge < -0.3 is 19.3 Å². The molecule has 0 aliphatic carbocycles. The Bertz CT molecular complexity index is 1220. The van der Waals surface area contributed by atoms with Crippen LogP contribution in [0.5, 0.6) is 11.5 Å². The summed E-state index contributed by atoms with van der Waals surface area (Å²) in [5.41, 5.74) is 3.80. The molecule has 2 heterocycles. The van der Waals surface area contributed by atoms with Gasteiger partial charge in [-0.15, -0.1) is 0 Å². The smallest absolute Gasteiger partial charge is 0.254 e. The van der Waals surface area contributed by atoms with E-state index >= 15 is 0 Å². The minimum atomic E-state index is -0.675. The number of nitrogens with zero attached hydrogens (tertiary/aromatic N) is 3. The Balaban J connectivity index is 1.87. The maximum atomic E-state index is 14.2. The number of pyridine rings is 1. The van der Waals surface area contributed by atoms with Crippen LogP contribution in [0, 0.1) is 0 Å². The Morgan fingerprint density at radius 2 is 1.71 bits per heavy atom. The summed E-state index contributed by atoms with van der Waals surface area (Å²) in [4.78, 5) is 35.1. The molecule has 0 spiro atoms. The number of likely N-dealkylation sites (N-methyl/N-ethyl adjacent to an activating group) is 2. The Morgan fingerprint density at radius 3 is 2.29 bits per heavy atom. The Labute approximate surface area is 206 Å². The van der Waals surface area contributed by atoms with Crippen LogP contribution in [-0.2, 0) is 4.79 Å². The van der Waals surface area contributed by atoms with Crippen LogP contribution in [0.15, 0.2) is 60.9 Å². The van der Waals surface area contributed by atoms with Crippen molar-refractivity contribution in [2.24, 2.45) is 0 Å². The van der Waals surface area contributed by atoms with Gasteiger partial charge >= 0.3 is 0 Å². The molecule has 7 heteroatoms. The van der Waals surface area contributed by atoms with Crippen LogP contribution in [0.3, 0.4) is 0 Å². The summed E-state index contributed by atoms with van der Waals surface area (Å²) in [5, 5.41) is 0. The first-order valence-electron chi connectivity index (χ1n) is 11.6. The van der Waals surface area contributed by atoms with Crippen molar-refractivity contribution >= 4 is 17.5 Å². The number of amides is 2. The van der Waals surface area contributed by atoms with E-state index in [1.54, 1.807) is 55.5 Å². The van der Waals surface area contributed by atoms with E-state index in [0.29, 0.717) is 28.5 Å². The first kappa shape index (κ1) is 24.3. The zero-order valence-corrected chi connectivity index (χ0v) is 21.0. The Kier molecular flexibility index (Phi) is 6.78. The maximum absolute atomic E-state index is 14.2. The van der Waals surface area contributed by atoms with Crippen molar-refractivity contribution in [3.8, 4) is 11.5 Å². The van der Waals surface area contributed by atoms with Crippen LogP contribution >= 0.6 is 0 Å². The second-order valence-electron chi connectivity index (χ2n) is 9.06. The normalized spacial score (nSPS) is 17.2.